The van der Waals surface area contributed by atoms with E-state index in [9.17, 15) is 4.79 Å². The van der Waals surface area contributed by atoms with Gasteiger partial charge in [-0.05, 0) is 47.7 Å². The van der Waals surface area contributed by atoms with Gasteiger partial charge in [0.05, 0.1) is 10.9 Å². The fourth-order valence-corrected chi connectivity index (χ4v) is 3.52. The number of allylic oxidation sites excluding steroid dienone is 1. The average Bonchev–Trinajstić information content (AvgIpc) is 3.10. The van der Waals surface area contributed by atoms with Crippen molar-refractivity contribution in [2.24, 2.45) is 0 Å². The second kappa shape index (κ2) is 4.83. The third kappa shape index (κ3) is 2.11. The van der Waals surface area contributed by atoms with Crippen molar-refractivity contribution in [3.05, 3.63) is 61.8 Å². The number of hydrogen-bond acceptors (Lipinski definition) is 3. The van der Waals surface area contributed by atoms with Crippen LogP contribution in [0.4, 0.5) is 0 Å². The van der Waals surface area contributed by atoms with Crippen LogP contribution in [-0.4, -0.2) is 9.55 Å². The van der Waals surface area contributed by atoms with E-state index < -0.39 is 0 Å². The molecule has 21 heavy (non-hydrogen) atoms. The molecule has 1 aliphatic heterocycles. The Balaban J connectivity index is 1.96. The predicted octanol–water partition coefficient (Wildman–Crippen LogP) is 4.06. The highest BCUT2D eigenvalue weighted by Crippen LogP contribution is 2.29. The highest BCUT2D eigenvalue weighted by molar-refractivity contribution is 7.10. The molecule has 0 bridgehead atoms. The van der Waals surface area contributed by atoms with E-state index in [2.05, 4.69) is 17.1 Å². The molecule has 0 spiro atoms. The van der Waals surface area contributed by atoms with Gasteiger partial charge in [0.15, 0.2) is 0 Å². The quantitative estimate of drug-likeness (QED) is 0.679. The van der Waals surface area contributed by atoms with Crippen LogP contribution >= 0.6 is 22.9 Å². The van der Waals surface area contributed by atoms with Gasteiger partial charge >= 0.3 is 0 Å². The second-order valence-electron chi connectivity index (χ2n) is 4.99. The molecule has 3 nitrogen and oxygen atoms in total. The Morgan fingerprint density at radius 1 is 1.33 bits per heavy atom. The first-order valence-electron chi connectivity index (χ1n) is 6.67. The molecule has 0 atom stereocenters. The number of fused-ring (bicyclic) bond motifs is 2. The smallest absolute Gasteiger partial charge is 0.261 e. The Labute approximate surface area is 130 Å². The summed E-state index contributed by atoms with van der Waals surface area (Å²) < 4.78 is 1.76. The molecule has 0 N–H and O–H groups in total. The maximum Gasteiger partial charge on any atom is 0.261 e. The Morgan fingerprint density at radius 2 is 2.24 bits per heavy atom. The van der Waals surface area contributed by atoms with Crippen molar-refractivity contribution in [3.8, 4) is 0 Å². The Bertz CT molecular complexity index is 925. The minimum atomic E-state index is 0.0150. The number of hydrogen-bond donors (Lipinski definition) is 0. The molecular weight excluding hydrogens is 304 g/mol. The van der Waals surface area contributed by atoms with Crippen molar-refractivity contribution < 1.29 is 0 Å². The number of rotatable bonds is 1. The van der Waals surface area contributed by atoms with Crippen LogP contribution in [0.15, 0.2) is 40.5 Å². The van der Waals surface area contributed by atoms with Gasteiger partial charge < -0.3 is 0 Å². The van der Waals surface area contributed by atoms with E-state index in [0.29, 0.717) is 22.5 Å². The van der Waals surface area contributed by atoms with Gasteiger partial charge in [-0.1, -0.05) is 17.7 Å². The van der Waals surface area contributed by atoms with Crippen LogP contribution in [0.5, 0.6) is 0 Å². The van der Waals surface area contributed by atoms with E-state index in [4.69, 9.17) is 11.6 Å². The van der Waals surface area contributed by atoms with Gasteiger partial charge in [0.1, 0.15) is 5.82 Å². The fraction of sp³-hybridized carbons (Fsp3) is 0.125. The Morgan fingerprint density at radius 3 is 3.05 bits per heavy atom. The topological polar surface area (TPSA) is 34.9 Å². The number of aromatic nitrogens is 2. The van der Waals surface area contributed by atoms with Crippen LogP contribution in [0.2, 0.25) is 5.02 Å². The first kappa shape index (κ1) is 12.8. The zero-order valence-electron chi connectivity index (χ0n) is 11.0. The number of benzene rings is 1. The van der Waals surface area contributed by atoms with Crippen molar-refractivity contribution in [1.29, 1.82) is 0 Å². The number of nitrogens with zero attached hydrogens (tertiary/aromatic N) is 2. The predicted molar refractivity (Wildman–Crippen MR) is 87.8 cm³/mol. The number of thiophene rings is 1. The molecule has 4 rings (SSSR count). The summed E-state index contributed by atoms with van der Waals surface area (Å²) in [5.74, 6) is 0.767. The summed E-state index contributed by atoms with van der Waals surface area (Å²) in [7, 11) is 0. The van der Waals surface area contributed by atoms with Gasteiger partial charge in [-0.25, -0.2) is 4.98 Å². The lowest BCUT2D eigenvalue weighted by Crippen LogP contribution is -2.20. The zero-order chi connectivity index (χ0) is 14.4. The van der Waals surface area contributed by atoms with E-state index in [1.807, 2.05) is 11.4 Å². The highest BCUT2D eigenvalue weighted by Gasteiger charge is 2.20. The van der Waals surface area contributed by atoms with Crippen molar-refractivity contribution in [3.63, 3.8) is 0 Å². The fourth-order valence-electron chi connectivity index (χ4n) is 2.67. The van der Waals surface area contributed by atoms with Crippen molar-refractivity contribution >= 4 is 45.5 Å². The summed E-state index contributed by atoms with van der Waals surface area (Å²) in [6, 6.07) is 9.32. The Kier molecular flexibility index (Phi) is 2.94. The summed E-state index contributed by atoms with van der Waals surface area (Å²) in [4.78, 5) is 18.4. The summed E-state index contributed by atoms with van der Waals surface area (Å²) >= 11 is 7.69. The molecule has 0 saturated heterocycles. The molecule has 1 aliphatic rings. The Hall–Kier alpha value is -1.91. The van der Waals surface area contributed by atoms with Crippen molar-refractivity contribution in [2.75, 3.05) is 0 Å². The van der Waals surface area contributed by atoms with Crippen LogP contribution in [0.3, 0.4) is 0 Å². The molecule has 0 aliphatic carbocycles. The van der Waals surface area contributed by atoms with Crippen LogP contribution in [0, 0.1) is 0 Å². The van der Waals surface area contributed by atoms with E-state index in [-0.39, 0.29) is 5.56 Å². The minimum absolute atomic E-state index is 0.0150. The van der Waals surface area contributed by atoms with Crippen LogP contribution in [0.1, 0.15) is 17.1 Å². The molecule has 104 valence electrons. The summed E-state index contributed by atoms with van der Waals surface area (Å²) in [6.07, 6.45) is 2.95. The van der Waals surface area contributed by atoms with Gasteiger partial charge in [0.2, 0.25) is 0 Å². The number of halogens is 1. The largest absolute Gasteiger partial charge is 0.292 e. The maximum absolute atomic E-state index is 12.5. The molecule has 0 fully saturated rings. The van der Waals surface area contributed by atoms with Crippen molar-refractivity contribution in [2.45, 2.75) is 13.0 Å². The maximum atomic E-state index is 12.5. The molecule has 3 heterocycles. The normalized spacial score (nSPS) is 15.8. The third-order valence-corrected chi connectivity index (χ3v) is 4.72. The van der Waals surface area contributed by atoms with Gasteiger partial charge in [0.25, 0.3) is 5.56 Å². The van der Waals surface area contributed by atoms with E-state index in [0.717, 1.165) is 17.8 Å². The molecule has 0 radical (unpaired) electrons. The molecule has 0 saturated carbocycles. The van der Waals surface area contributed by atoms with E-state index in [1.165, 1.54) is 4.88 Å². The molecule has 1 aromatic carbocycles. The van der Waals surface area contributed by atoms with Gasteiger partial charge in [-0.15, -0.1) is 11.3 Å². The lowest BCUT2D eigenvalue weighted by atomic mass is 10.2. The van der Waals surface area contributed by atoms with Crippen LogP contribution in [0.25, 0.3) is 22.6 Å². The van der Waals surface area contributed by atoms with Gasteiger partial charge in [-0.3, -0.25) is 9.36 Å². The van der Waals surface area contributed by atoms with Crippen LogP contribution in [-0.2, 0) is 6.54 Å². The average molecular weight is 315 g/mol. The summed E-state index contributed by atoms with van der Waals surface area (Å²) in [6.45, 7) is 0.691. The third-order valence-electron chi connectivity index (χ3n) is 3.67. The monoisotopic (exact) mass is 314 g/mol. The molecule has 0 unspecified atom stereocenters. The van der Waals surface area contributed by atoms with Crippen molar-refractivity contribution in [1.82, 2.24) is 9.55 Å². The summed E-state index contributed by atoms with van der Waals surface area (Å²) in [5.41, 5.74) is 1.79. The minimum Gasteiger partial charge on any atom is -0.292 e. The molecule has 5 heteroatoms. The van der Waals surface area contributed by atoms with E-state index >= 15 is 0 Å². The SMILES string of the molecule is O=c1c2ccc(Cl)cc2nc2n1CCC2=Cc1cccs1. The molecule has 2 aromatic heterocycles. The highest BCUT2D eigenvalue weighted by atomic mass is 35.5. The van der Waals surface area contributed by atoms with E-state index in [1.54, 1.807) is 34.1 Å². The summed E-state index contributed by atoms with van der Waals surface area (Å²) in [5, 5.41) is 3.27. The molecule has 0 amide bonds. The van der Waals surface area contributed by atoms with Gasteiger partial charge in [0, 0.05) is 16.4 Å². The first-order valence-corrected chi connectivity index (χ1v) is 7.93. The van der Waals surface area contributed by atoms with Crippen LogP contribution < -0.4 is 5.56 Å². The zero-order valence-corrected chi connectivity index (χ0v) is 12.6. The standard InChI is InChI=1S/C16H11ClN2OS/c17-11-3-4-13-14(9-11)18-15-10(5-6-19(15)16(13)20)8-12-2-1-7-21-12/h1-4,7-9H,5-6H2. The first-order chi connectivity index (χ1) is 10.2. The lowest BCUT2D eigenvalue weighted by Gasteiger charge is -2.05. The van der Waals surface area contributed by atoms with Gasteiger partial charge in [-0.2, -0.15) is 0 Å². The lowest BCUT2D eigenvalue weighted by molar-refractivity contribution is 0.725. The molecule has 3 aromatic rings. The second-order valence-corrected chi connectivity index (χ2v) is 6.40. The molecular formula is C16H11ClN2OS.